The van der Waals surface area contributed by atoms with Crippen LogP contribution in [0.15, 0.2) is 0 Å². The van der Waals surface area contributed by atoms with Gasteiger partial charge in [-0.2, -0.15) is 0 Å². The van der Waals surface area contributed by atoms with Gasteiger partial charge in [-0.3, -0.25) is 19.6 Å². The van der Waals surface area contributed by atoms with Crippen molar-refractivity contribution in [3.8, 4) is 0 Å². The molecule has 5 saturated heterocycles. The fourth-order valence-electron chi connectivity index (χ4n) is 7.14. The molecule has 5 rings (SSSR count). The molecule has 1 spiro atoms. The van der Waals surface area contributed by atoms with Crippen molar-refractivity contribution in [1.29, 1.82) is 0 Å². The number of hydrogen-bond donors (Lipinski definition) is 1. The Morgan fingerprint density at radius 1 is 0.774 bits per heavy atom. The molecule has 2 unspecified atom stereocenters. The molecule has 5 aliphatic rings. The van der Waals surface area contributed by atoms with Crippen molar-refractivity contribution in [2.24, 2.45) is 17.3 Å². The standard InChI is InChI=1S/C25H48N6/c1-21-14-26-8-13-30(21)15-24-6-11-28(12-7-24)20-29-17-25(18-29)19-31(22(25)2)16-23-4-9-27(3)10-5-23/h21-24,26H,4-20H2,1-3H3. The second-order valence-electron chi connectivity index (χ2n) is 12.0. The number of nitrogens with one attached hydrogen (secondary N) is 1. The third-order valence-electron chi connectivity index (χ3n) is 9.60. The van der Waals surface area contributed by atoms with E-state index in [0.717, 1.165) is 17.9 Å². The average molecular weight is 433 g/mol. The summed E-state index contributed by atoms with van der Waals surface area (Å²) >= 11 is 0. The van der Waals surface area contributed by atoms with E-state index in [1.807, 2.05) is 0 Å². The van der Waals surface area contributed by atoms with Crippen molar-refractivity contribution >= 4 is 0 Å². The van der Waals surface area contributed by atoms with E-state index < -0.39 is 0 Å². The highest BCUT2D eigenvalue weighted by molar-refractivity contribution is 5.11. The Hall–Kier alpha value is -0.240. The molecule has 0 radical (unpaired) electrons. The molecule has 0 bridgehead atoms. The van der Waals surface area contributed by atoms with Crippen molar-refractivity contribution < 1.29 is 0 Å². The lowest BCUT2D eigenvalue weighted by Crippen LogP contribution is -2.77. The largest absolute Gasteiger partial charge is 0.314 e. The Balaban J connectivity index is 0.978. The Labute approximate surface area is 191 Å². The van der Waals surface area contributed by atoms with Gasteiger partial charge in [-0.15, -0.1) is 0 Å². The Kier molecular flexibility index (Phi) is 6.95. The zero-order valence-electron chi connectivity index (χ0n) is 20.6. The predicted molar refractivity (Wildman–Crippen MR) is 128 cm³/mol. The summed E-state index contributed by atoms with van der Waals surface area (Å²) in [5.41, 5.74) is 0.627. The summed E-state index contributed by atoms with van der Waals surface area (Å²) in [7, 11) is 2.27. The van der Waals surface area contributed by atoms with Crippen molar-refractivity contribution in [2.75, 3.05) is 92.3 Å². The van der Waals surface area contributed by atoms with Crippen molar-refractivity contribution in [3.63, 3.8) is 0 Å². The first-order valence-electron chi connectivity index (χ1n) is 13.3. The van der Waals surface area contributed by atoms with Crippen molar-refractivity contribution in [3.05, 3.63) is 0 Å². The van der Waals surface area contributed by atoms with Gasteiger partial charge in [0.2, 0.25) is 0 Å². The van der Waals surface area contributed by atoms with E-state index in [1.54, 1.807) is 0 Å². The van der Waals surface area contributed by atoms with Gasteiger partial charge < -0.3 is 10.2 Å². The summed E-state index contributed by atoms with van der Waals surface area (Å²) in [6, 6.07) is 1.52. The highest BCUT2D eigenvalue weighted by atomic mass is 15.4. The maximum Gasteiger partial charge on any atom is 0.0506 e. The number of piperidine rings is 2. The van der Waals surface area contributed by atoms with Gasteiger partial charge in [0, 0.05) is 69.9 Å². The summed E-state index contributed by atoms with van der Waals surface area (Å²) in [6.07, 6.45) is 5.61. The van der Waals surface area contributed by atoms with Crippen molar-refractivity contribution in [2.45, 2.75) is 51.6 Å². The molecule has 178 valence electrons. The normalized spacial score (nSPS) is 35.3. The summed E-state index contributed by atoms with van der Waals surface area (Å²) in [5, 5.41) is 3.53. The molecule has 6 nitrogen and oxygen atoms in total. The molecule has 5 heterocycles. The summed E-state index contributed by atoms with van der Waals surface area (Å²) in [4.78, 5) is 13.5. The third-order valence-corrected chi connectivity index (χ3v) is 9.60. The maximum absolute atomic E-state index is 3.53. The lowest BCUT2D eigenvalue weighted by atomic mass is 9.66. The predicted octanol–water partition coefficient (Wildman–Crippen LogP) is 1.30. The minimum absolute atomic E-state index is 0.627. The number of piperazine rings is 1. The maximum atomic E-state index is 3.53. The van der Waals surface area contributed by atoms with Crippen LogP contribution in [0.3, 0.4) is 0 Å². The monoisotopic (exact) mass is 432 g/mol. The lowest BCUT2D eigenvalue weighted by molar-refractivity contribution is -0.174. The van der Waals surface area contributed by atoms with Gasteiger partial charge in [-0.05, 0) is 84.6 Å². The van der Waals surface area contributed by atoms with E-state index in [9.17, 15) is 0 Å². The first-order chi connectivity index (χ1) is 15.0. The Morgan fingerprint density at radius 3 is 2.06 bits per heavy atom. The molecule has 5 aliphatic heterocycles. The SMILES string of the molecule is CC1CNCCN1CC1CCN(CN2CC3(C2)CN(CC2CCN(C)CC2)C3C)CC1. The minimum Gasteiger partial charge on any atom is -0.314 e. The molecule has 0 saturated carbocycles. The smallest absolute Gasteiger partial charge is 0.0506 e. The lowest BCUT2D eigenvalue weighted by Gasteiger charge is -2.66. The molecule has 0 aromatic heterocycles. The van der Waals surface area contributed by atoms with Gasteiger partial charge in [0.1, 0.15) is 0 Å². The summed E-state index contributed by atoms with van der Waals surface area (Å²) < 4.78 is 0. The molecule has 5 fully saturated rings. The van der Waals surface area contributed by atoms with Crippen LogP contribution in [0.2, 0.25) is 0 Å². The molecular weight excluding hydrogens is 384 g/mol. The topological polar surface area (TPSA) is 28.2 Å². The first kappa shape index (κ1) is 22.5. The molecule has 1 N–H and O–H groups in total. The van der Waals surface area contributed by atoms with E-state index in [2.05, 4.69) is 50.7 Å². The van der Waals surface area contributed by atoms with E-state index >= 15 is 0 Å². The van der Waals surface area contributed by atoms with Gasteiger partial charge in [0.25, 0.3) is 0 Å². The zero-order valence-corrected chi connectivity index (χ0v) is 20.6. The van der Waals surface area contributed by atoms with Crippen LogP contribution in [-0.2, 0) is 0 Å². The number of likely N-dealkylation sites (tertiary alicyclic amines) is 4. The van der Waals surface area contributed by atoms with Gasteiger partial charge in [-0.1, -0.05) is 0 Å². The number of nitrogens with zero attached hydrogens (tertiary/aromatic N) is 5. The van der Waals surface area contributed by atoms with Crippen LogP contribution in [0.5, 0.6) is 0 Å². The fourth-order valence-corrected chi connectivity index (χ4v) is 7.14. The zero-order chi connectivity index (χ0) is 21.4. The molecular formula is C25H48N6. The van der Waals surface area contributed by atoms with Crippen LogP contribution < -0.4 is 5.32 Å². The van der Waals surface area contributed by atoms with E-state index in [1.165, 1.54) is 111 Å². The van der Waals surface area contributed by atoms with Crippen LogP contribution in [0.25, 0.3) is 0 Å². The van der Waals surface area contributed by atoms with Gasteiger partial charge >= 0.3 is 0 Å². The molecule has 0 amide bonds. The van der Waals surface area contributed by atoms with Gasteiger partial charge in [0.15, 0.2) is 0 Å². The van der Waals surface area contributed by atoms with Gasteiger partial charge in [0.05, 0.1) is 6.67 Å². The molecule has 0 aromatic carbocycles. The summed E-state index contributed by atoms with van der Waals surface area (Å²) in [5.74, 6) is 1.86. The van der Waals surface area contributed by atoms with E-state index in [4.69, 9.17) is 0 Å². The Bertz CT molecular complexity index is 577. The highest BCUT2D eigenvalue weighted by Gasteiger charge is 2.57. The van der Waals surface area contributed by atoms with Crippen molar-refractivity contribution in [1.82, 2.24) is 29.8 Å². The molecule has 31 heavy (non-hydrogen) atoms. The quantitative estimate of drug-likeness (QED) is 0.680. The average Bonchev–Trinajstić information content (AvgIpc) is 2.75. The van der Waals surface area contributed by atoms with Crippen LogP contribution in [0.4, 0.5) is 0 Å². The highest BCUT2D eigenvalue weighted by Crippen LogP contribution is 2.46. The molecule has 6 heteroatoms. The molecule has 0 aliphatic carbocycles. The third kappa shape index (κ3) is 4.99. The first-order valence-corrected chi connectivity index (χ1v) is 13.3. The number of hydrogen-bond acceptors (Lipinski definition) is 6. The molecule has 0 aromatic rings. The summed E-state index contributed by atoms with van der Waals surface area (Å²) in [6.45, 7) is 21.7. The van der Waals surface area contributed by atoms with Crippen LogP contribution in [0, 0.1) is 17.3 Å². The van der Waals surface area contributed by atoms with Crippen LogP contribution >= 0.6 is 0 Å². The van der Waals surface area contributed by atoms with Crippen LogP contribution in [-0.4, -0.2) is 129 Å². The van der Waals surface area contributed by atoms with Gasteiger partial charge in [-0.25, -0.2) is 0 Å². The molecule has 2 atom stereocenters. The minimum atomic E-state index is 0.627. The van der Waals surface area contributed by atoms with E-state index in [0.29, 0.717) is 11.5 Å². The second-order valence-corrected chi connectivity index (χ2v) is 12.0. The second kappa shape index (κ2) is 9.55. The van der Waals surface area contributed by atoms with Crippen LogP contribution in [0.1, 0.15) is 39.5 Å². The number of rotatable bonds is 6. The van der Waals surface area contributed by atoms with E-state index in [-0.39, 0.29) is 0 Å². The Morgan fingerprint density at radius 2 is 1.42 bits per heavy atom. The fraction of sp³-hybridized carbons (Fsp3) is 1.00.